The molecule has 1 heterocycles. The lowest BCUT2D eigenvalue weighted by Crippen LogP contribution is -2.46. The number of rotatable bonds is 4. The maximum atomic E-state index is 12.5. The van der Waals surface area contributed by atoms with Gasteiger partial charge in [-0.15, -0.1) is 0 Å². The molecule has 1 aliphatic carbocycles. The summed E-state index contributed by atoms with van der Waals surface area (Å²) >= 11 is 0. The Balaban J connectivity index is 1.61. The van der Waals surface area contributed by atoms with E-state index in [2.05, 4.69) is 26.1 Å². The summed E-state index contributed by atoms with van der Waals surface area (Å²) in [6, 6.07) is 6.03. The number of nitrogens with one attached hydrogen (secondary N) is 1. The highest BCUT2D eigenvalue weighted by molar-refractivity contribution is 5.79. The molecule has 1 amide bonds. The lowest BCUT2D eigenvalue weighted by atomic mass is 9.74. The van der Waals surface area contributed by atoms with Crippen LogP contribution in [0, 0.1) is 17.8 Å². The summed E-state index contributed by atoms with van der Waals surface area (Å²) in [7, 11) is 0. The third kappa shape index (κ3) is 3.80. The number of hydrogen-bond donors (Lipinski definition) is 1. The van der Waals surface area contributed by atoms with Crippen molar-refractivity contribution in [1.29, 1.82) is 0 Å². The standard InChI is InChI=1S/C19H27NO3/c1-12(2)15-6-4-13(3)8-16(15)20-19(21)10-14-5-7-17-18(9-14)23-11-22-17/h5,7,9,12-13,15-16H,4,6,8,10-11H2,1-3H3,(H,20,21). The van der Waals surface area contributed by atoms with E-state index in [4.69, 9.17) is 9.47 Å². The molecule has 1 aliphatic heterocycles. The minimum Gasteiger partial charge on any atom is -0.454 e. The zero-order chi connectivity index (χ0) is 16.4. The predicted molar refractivity (Wildman–Crippen MR) is 89.5 cm³/mol. The van der Waals surface area contributed by atoms with Gasteiger partial charge in [-0.05, 0) is 48.3 Å². The molecule has 0 radical (unpaired) electrons. The first-order valence-corrected chi connectivity index (χ1v) is 8.71. The highest BCUT2D eigenvalue weighted by Gasteiger charge is 2.31. The Hall–Kier alpha value is -1.71. The Morgan fingerprint density at radius 3 is 2.83 bits per heavy atom. The van der Waals surface area contributed by atoms with Crippen LogP contribution in [-0.2, 0) is 11.2 Å². The molecule has 1 aromatic carbocycles. The van der Waals surface area contributed by atoms with Gasteiger partial charge in [0.1, 0.15) is 0 Å². The minimum absolute atomic E-state index is 0.105. The van der Waals surface area contributed by atoms with E-state index < -0.39 is 0 Å². The maximum Gasteiger partial charge on any atom is 0.231 e. The van der Waals surface area contributed by atoms with E-state index >= 15 is 0 Å². The Labute approximate surface area is 138 Å². The van der Waals surface area contributed by atoms with Crippen LogP contribution < -0.4 is 14.8 Å². The van der Waals surface area contributed by atoms with Crippen molar-refractivity contribution in [2.45, 2.75) is 52.5 Å². The summed E-state index contributed by atoms with van der Waals surface area (Å²) in [5, 5.41) is 3.29. The molecule has 2 aliphatic rings. The fourth-order valence-electron chi connectivity index (χ4n) is 3.86. The van der Waals surface area contributed by atoms with Gasteiger partial charge in [0, 0.05) is 6.04 Å². The molecule has 126 valence electrons. The molecule has 0 saturated heterocycles. The van der Waals surface area contributed by atoms with Gasteiger partial charge < -0.3 is 14.8 Å². The fraction of sp³-hybridized carbons (Fsp3) is 0.632. The Morgan fingerprint density at radius 2 is 2.04 bits per heavy atom. The van der Waals surface area contributed by atoms with Crippen molar-refractivity contribution in [2.75, 3.05) is 6.79 Å². The van der Waals surface area contributed by atoms with Gasteiger partial charge in [-0.1, -0.05) is 33.3 Å². The third-order valence-corrected chi connectivity index (χ3v) is 5.17. The average Bonchev–Trinajstić information content (AvgIpc) is 2.94. The van der Waals surface area contributed by atoms with Crippen molar-refractivity contribution in [3.63, 3.8) is 0 Å². The summed E-state index contributed by atoms with van der Waals surface area (Å²) in [4.78, 5) is 12.5. The second-order valence-corrected chi connectivity index (χ2v) is 7.36. The van der Waals surface area contributed by atoms with Crippen LogP contribution in [0.3, 0.4) is 0 Å². The van der Waals surface area contributed by atoms with E-state index in [9.17, 15) is 4.79 Å². The molecule has 1 saturated carbocycles. The monoisotopic (exact) mass is 317 g/mol. The van der Waals surface area contributed by atoms with Gasteiger partial charge in [-0.25, -0.2) is 0 Å². The van der Waals surface area contributed by atoms with E-state index in [0.29, 0.717) is 30.2 Å². The summed E-state index contributed by atoms with van der Waals surface area (Å²) in [6.07, 6.45) is 3.98. The lowest BCUT2D eigenvalue weighted by molar-refractivity contribution is -0.122. The molecule has 1 N–H and O–H groups in total. The number of carbonyl (C=O) groups excluding carboxylic acids is 1. The van der Waals surface area contributed by atoms with Crippen LogP contribution in [0.4, 0.5) is 0 Å². The van der Waals surface area contributed by atoms with E-state index in [-0.39, 0.29) is 12.7 Å². The molecule has 1 fully saturated rings. The highest BCUT2D eigenvalue weighted by Crippen LogP contribution is 2.34. The highest BCUT2D eigenvalue weighted by atomic mass is 16.7. The number of ether oxygens (including phenoxy) is 2. The molecule has 0 bridgehead atoms. The van der Waals surface area contributed by atoms with Crippen molar-refractivity contribution < 1.29 is 14.3 Å². The van der Waals surface area contributed by atoms with Crippen LogP contribution in [-0.4, -0.2) is 18.7 Å². The molecule has 0 aromatic heterocycles. The van der Waals surface area contributed by atoms with Gasteiger partial charge in [0.15, 0.2) is 11.5 Å². The first-order chi connectivity index (χ1) is 11.0. The van der Waals surface area contributed by atoms with Crippen molar-refractivity contribution >= 4 is 5.91 Å². The number of hydrogen-bond acceptors (Lipinski definition) is 3. The van der Waals surface area contributed by atoms with E-state index in [1.165, 1.54) is 12.8 Å². The van der Waals surface area contributed by atoms with Crippen LogP contribution in [0.25, 0.3) is 0 Å². The molecular weight excluding hydrogens is 290 g/mol. The number of fused-ring (bicyclic) bond motifs is 1. The van der Waals surface area contributed by atoms with Gasteiger partial charge in [-0.2, -0.15) is 0 Å². The smallest absolute Gasteiger partial charge is 0.231 e. The largest absolute Gasteiger partial charge is 0.454 e. The first kappa shape index (κ1) is 16.2. The van der Waals surface area contributed by atoms with Crippen molar-refractivity contribution in [3.05, 3.63) is 23.8 Å². The van der Waals surface area contributed by atoms with Crippen molar-refractivity contribution in [3.8, 4) is 11.5 Å². The van der Waals surface area contributed by atoms with Gasteiger partial charge in [0.2, 0.25) is 12.7 Å². The molecule has 3 atom stereocenters. The zero-order valence-electron chi connectivity index (χ0n) is 14.3. The Morgan fingerprint density at radius 1 is 1.26 bits per heavy atom. The predicted octanol–water partition coefficient (Wildman–Crippen LogP) is 3.53. The van der Waals surface area contributed by atoms with Crippen LogP contribution >= 0.6 is 0 Å². The van der Waals surface area contributed by atoms with E-state index in [1.54, 1.807) is 0 Å². The third-order valence-electron chi connectivity index (χ3n) is 5.17. The topological polar surface area (TPSA) is 47.6 Å². The molecule has 3 unspecified atom stereocenters. The van der Waals surface area contributed by atoms with E-state index in [1.807, 2.05) is 18.2 Å². The van der Waals surface area contributed by atoms with Crippen LogP contribution in [0.15, 0.2) is 18.2 Å². The molecule has 4 heteroatoms. The first-order valence-electron chi connectivity index (χ1n) is 8.71. The molecule has 3 rings (SSSR count). The van der Waals surface area contributed by atoms with Crippen LogP contribution in [0.2, 0.25) is 0 Å². The van der Waals surface area contributed by atoms with Crippen molar-refractivity contribution in [1.82, 2.24) is 5.32 Å². The zero-order valence-corrected chi connectivity index (χ0v) is 14.3. The Kier molecular flexibility index (Phi) is 4.79. The maximum absolute atomic E-state index is 12.5. The second-order valence-electron chi connectivity index (χ2n) is 7.36. The normalized spacial score (nSPS) is 26.3. The molecule has 4 nitrogen and oxygen atoms in total. The molecule has 0 spiro atoms. The number of amides is 1. The fourth-order valence-corrected chi connectivity index (χ4v) is 3.86. The van der Waals surface area contributed by atoms with Gasteiger partial charge in [0.25, 0.3) is 0 Å². The average molecular weight is 317 g/mol. The van der Waals surface area contributed by atoms with Gasteiger partial charge in [0.05, 0.1) is 6.42 Å². The van der Waals surface area contributed by atoms with Gasteiger partial charge in [-0.3, -0.25) is 4.79 Å². The lowest BCUT2D eigenvalue weighted by Gasteiger charge is -2.37. The quantitative estimate of drug-likeness (QED) is 0.924. The van der Waals surface area contributed by atoms with E-state index in [0.717, 1.165) is 23.5 Å². The number of benzene rings is 1. The molecule has 23 heavy (non-hydrogen) atoms. The summed E-state index contributed by atoms with van der Waals surface area (Å²) in [6.45, 7) is 7.07. The summed E-state index contributed by atoms with van der Waals surface area (Å²) in [5.41, 5.74) is 0.969. The minimum atomic E-state index is 0.105. The van der Waals surface area contributed by atoms with Crippen LogP contribution in [0.5, 0.6) is 11.5 Å². The summed E-state index contributed by atoms with van der Waals surface area (Å²) < 4.78 is 10.7. The number of carbonyl (C=O) groups is 1. The summed E-state index contributed by atoms with van der Waals surface area (Å²) in [5.74, 6) is 3.50. The Bertz CT molecular complexity index is 570. The molecule has 1 aromatic rings. The van der Waals surface area contributed by atoms with Crippen LogP contribution in [0.1, 0.15) is 45.6 Å². The second kappa shape index (κ2) is 6.81. The SMILES string of the molecule is CC1CCC(C(C)C)C(NC(=O)Cc2ccc3c(c2)OCO3)C1. The molecular formula is C19H27NO3. The van der Waals surface area contributed by atoms with Crippen molar-refractivity contribution in [2.24, 2.45) is 17.8 Å². The van der Waals surface area contributed by atoms with Gasteiger partial charge >= 0.3 is 0 Å².